The van der Waals surface area contributed by atoms with Gasteiger partial charge in [0.05, 0.1) is 45.5 Å². The highest BCUT2D eigenvalue weighted by molar-refractivity contribution is 5.85. The van der Waals surface area contributed by atoms with Crippen LogP contribution >= 0.6 is 0 Å². The van der Waals surface area contributed by atoms with Crippen molar-refractivity contribution in [1.82, 2.24) is 0 Å². The van der Waals surface area contributed by atoms with Crippen LogP contribution in [0.5, 0.6) is 23.0 Å². The Labute approximate surface area is 261 Å². The van der Waals surface area contributed by atoms with E-state index in [9.17, 15) is 40.5 Å². The van der Waals surface area contributed by atoms with Crippen LogP contribution in [0, 0.1) is 0 Å². The van der Waals surface area contributed by atoms with E-state index in [1.165, 1.54) is 39.7 Å². The van der Waals surface area contributed by atoms with E-state index in [-0.39, 0.29) is 28.0 Å². The minimum Gasteiger partial charge on any atom is -0.493 e. The van der Waals surface area contributed by atoms with Crippen LogP contribution in [0.3, 0.4) is 0 Å². The summed E-state index contributed by atoms with van der Waals surface area (Å²) in [5.41, 5.74) is 0.417. The van der Waals surface area contributed by atoms with Crippen molar-refractivity contribution in [2.24, 2.45) is 0 Å². The van der Waals surface area contributed by atoms with Gasteiger partial charge < -0.3 is 73.3 Å². The molecule has 0 saturated carbocycles. The normalized spacial score (nSPS) is 31.4. The highest BCUT2D eigenvalue weighted by Crippen LogP contribution is 2.37. The number of aliphatic hydroxyl groups excluding tert-OH is 7. The third kappa shape index (κ3) is 6.24. The average molecular weight is 653 g/mol. The molecule has 3 aromatic rings. The fraction of sp³-hybridized carbons (Fsp3) is 0.500. The lowest BCUT2D eigenvalue weighted by molar-refractivity contribution is -0.352. The van der Waals surface area contributed by atoms with E-state index in [1.54, 1.807) is 18.2 Å². The fourth-order valence-corrected chi connectivity index (χ4v) is 5.36. The molecule has 10 atom stereocenters. The van der Waals surface area contributed by atoms with Crippen molar-refractivity contribution >= 4 is 11.0 Å². The molecule has 46 heavy (non-hydrogen) atoms. The highest BCUT2D eigenvalue weighted by atomic mass is 16.7. The Hall–Kier alpha value is -3.55. The molecule has 0 bridgehead atoms. The summed E-state index contributed by atoms with van der Waals surface area (Å²) in [6.07, 6.45) is -15.2. The van der Waals surface area contributed by atoms with Crippen LogP contribution in [0.15, 0.2) is 45.8 Å². The van der Waals surface area contributed by atoms with Gasteiger partial charge in [-0.2, -0.15) is 0 Å². The summed E-state index contributed by atoms with van der Waals surface area (Å²) < 4.78 is 44.2. The summed E-state index contributed by atoms with van der Waals surface area (Å²) in [5, 5.41) is 72.0. The van der Waals surface area contributed by atoms with Gasteiger partial charge in [-0.25, -0.2) is 0 Å². The molecule has 0 amide bonds. The minimum absolute atomic E-state index is 0.0399. The number of ether oxygens (including phenoxy) is 7. The maximum Gasteiger partial charge on any atom is 0.229 e. The van der Waals surface area contributed by atoms with Gasteiger partial charge in [-0.1, -0.05) is 6.07 Å². The van der Waals surface area contributed by atoms with Crippen LogP contribution in [-0.2, 0) is 14.2 Å². The lowest BCUT2D eigenvalue weighted by Crippen LogP contribution is -2.65. The number of fused-ring (bicyclic) bond motifs is 1. The van der Waals surface area contributed by atoms with E-state index < -0.39 is 80.1 Å². The Morgan fingerprint density at radius 2 is 1.33 bits per heavy atom. The van der Waals surface area contributed by atoms with Gasteiger partial charge in [-0.15, -0.1) is 0 Å². The first-order valence-corrected chi connectivity index (χ1v) is 14.2. The third-order valence-corrected chi connectivity index (χ3v) is 7.96. The van der Waals surface area contributed by atoms with Crippen LogP contribution in [0.4, 0.5) is 0 Å². The maximum absolute atomic E-state index is 13.5. The lowest BCUT2D eigenvalue weighted by Gasteiger charge is -2.45. The summed E-state index contributed by atoms with van der Waals surface area (Å²) in [6, 6.07) is 7.65. The molecule has 252 valence electrons. The highest BCUT2D eigenvalue weighted by Gasteiger charge is 2.51. The zero-order valence-electron chi connectivity index (χ0n) is 25.0. The fourth-order valence-electron chi connectivity index (χ4n) is 5.36. The Bertz CT molecular complexity index is 1560. The van der Waals surface area contributed by atoms with Crippen LogP contribution in [0.25, 0.3) is 22.1 Å². The second-order valence-electron chi connectivity index (χ2n) is 10.7. The number of hydrogen-bond acceptors (Lipinski definition) is 16. The summed E-state index contributed by atoms with van der Waals surface area (Å²) in [7, 11) is 4.28. The van der Waals surface area contributed by atoms with Crippen molar-refractivity contribution in [3.8, 4) is 34.1 Å². The summed E-state index contributed by atoms with van der Waals surface area (Å²) in [6.45, 7) is -1.48. The number of benzene rings is 2. The predicted molar refractivity (Wildman–Crippen MR) is 155 cm³/mol. The lowest BCUT2D eigenvalue weighted by atomic mass is 9.97. The molecule has 3 heterocycles. The largest absolute Gasteiger partial charge is 0.493 e. The topological polar surface area (TPSA) is 236 Å². The molecule has 16 nitrogen and oxygen atoms in total. The number of rotatable bonds is 10. The number of hydrogen-bond donors (Lipinski definition) is 7. The number of aliphatic hydroxyl groups is 7. The van der Waals surface area contributed by atoms with E-state index in [1.807, 2.05) is 0 Å². The third-order valence-electron chi connectivity index (χ3n) is 7.96. The second kappa shape index (κ2) is 14.1. The van der Waals surface area contributed by atoms with E-state index >= 15 is 0 Å². The molecule has 2 saturated heterocycles. The average Bonchev–Trinajstić information content (AvgIpc) is 3.07. The minimum atomic E-state index is -1.83. The van der Waals surface area contributed by atoms with Gasteiger partial charge in [0.2, 0.25) is 11.7 Å². The second-order valence-corrected chi connectivity index (χ2v) is 10.7. The maximum atomic E-state index is 13.5. The van der Waals surface area contributed by atoms with Crippen LogP contribution in [0.2, 0.25) is 0 Å². The van der Waals surface area contributed by atoms with Gasteiger partial charge in [0.25, 0.3) is 0 Å². The molecule has 2 aromatic carbocycles. The Morgan fingerprint density at radius 1 is 0.696 bits per heavy atom. The SMILES string of the molecule is COc1ccc(-c2coc3cc(OC4OC(CO)C(O)C(OC5OC(CO)C(O)C(O)C5O)C4O)c(OC)cc3c2=O)cc1OC. The van der Waals surface area contributed by atoms with Gasteiger partial charge in [0, 0.05) is 6.07 Å². The molecule has 0 spiro atoms. The van der Waals surface area contributed by atoms with E-state index in [4.69, 9.17) is 37.6 Å². The predicted octanol–water partition coefficient (Wildman–Crippen LogP) is -1.51. The van der Waals surface area contributed by atoms with E-state index in [0.29, 0.717) is 17.1 Å². The molecule has 10 unspecified atom stereocenters. The molecule has 7 N–H and O–H groups in total. The molecule has 5 rings (SSSR count). The summed E-state index contributed by atoms with van der Waals surface area (Å²) >= 11 is 0. The molecule has 0 radical (unpaired) electrons. The van der Waals surface area contributed by atoms with E-state index in [0.717, 1.165) is 0 Å². The van der Waals surface area contributed by atoms with Crippen molar-refractivity contribution in [3.05, 3.63) is 46.8 Å². The van der Waals surface area contributed by atoms with Crippen molar-refractivity contribution in [3.63, 3.8) is 0 Å². The first kappa shape index (κ1) is 33.8. The van der Waals surface area contributed by atoms with Gasteiger partial charge in [-0.05, 0) is 23.8 Å². The van der Waals surface area contributed by atoms with E-state index in [2.05, 4.69) is 0 Å². The van der Waals surface area contributed by atoms with Crippen molar-refractivity contribution in [2.75, 3.05) is 34.5 Å². The van der Waals surface area contributed by atoms with Crippen LogP contribution < -0.4 is 24.4 Å². The first-order valence-electron chi connectivity index (χ1n) is 14.2. The van der Waals surface area contributed by atoms with Crippen molar-refractivity contribution < 1.29 is 73.3 Å². The summed E-state index contributed by atoms with van der Waals surface area (Å²) in [5.74, 6) is 0.870. The van der Waals surface area contributed by atoms with Gasteiger partial charge in [0.15, 0.2) is 29.3 Å². The zero-order valence-corrected chi connectivity index (χ0v) is 25.0. The Morgan fingerprint density at radius 3 is 1.98 bits per heavy atom. The monoisotopic (exact) mass is 652 g/mol. The van der Waals surface area contributed by atoms with Crippen LogP contribution in [0.1, 0.15) is 0 Å². The van der Waals surface area contributed by atoms with Crippen LogP contribution in [-0.4, -0.2) is 132 Å². The Balaban J connectivity index is 1.43. The van der Waals surface area contributed by atoms with Crippen molar-refractivity contribution in [2.45, 2.75) is 61.4 Å². The zero-order chi connectivity index (χ0) is 33.3. The standard InChI is InChI=1S/C30H36O16/c1-39-15-5-4-12(6-17(15)40-2)14-11-42-16-8-19(18(41-3)7-13(16)22(14)33)43-30-27(38)28(24(35)21(10-32)45-30)46-29-26(37)25(36)23(34)20(9-31)44-29/h4-8,11,20-21,23-32,34-38H,9-10H2,1-3H3. The molecule has 16 heteroatoms. The smallest absolute Gasteiger partial charge is 0.229 e. The molecular formula is C30H36O16. The quantitative estimate of drug-likeness (QED) is 0.132. The number of methoxy groups -OCH3 is 3. The summed E-state index contributed by atoms with van der Waals surface area (Å²) in [4.78, 5) is 13.5. The molecule has 2 fully saturated rings. The molecule has 2 aliphatic heterocycles. The molecular weight excluding hydrogens is 616 g/mol. The Kier molecular flexibility index (Phi) is 10.3. The van der Waals surface area contributed by atoms with Gasteiger partial charge in [-0.3, -0.25) is 4.79 Å². The van der Waals surface area contributed by atoms with Crippen molar-refractivity contribution in [1.29, 1.82) is 0 Å². The van der Waals surface area contributed by atoms with Gasteiger partial charge in [0.1, 0.15) is 60.7 Å². The molecule has 0 aliphatic carbocycles. The van der Waals surface area contributed by atoms with Gasteiger partial charge >= 0.3 is 0 Å². The molecule has 2 aliphatic rings. The molecule has 1 aromatic heterocycles. The first-order chi connectivity index (χ1) is 22.1.